The molecule has 3 aromatic rings. The van der Waals surface area contributed by atoms with Gasteiger partial charge in [-0.1, -0.05) is 36.4 Å². The second kappa shape index (κ2) is 9.31. The van der Waals surface area contributed by atoms with Gasteiger partial charge >= 0.3 is 0 Å². The first-order valence-corrected chi connectivity index (χ1v) is 11.3. The molecule has 2 amide bonds. The number of carbonyl (C=O) groups is 2. The molecule has 4 rings (SSSR count). The van der Waals surface area contributed by atoms with Crippen LogP contribution >= 0.6 is 11.8 Å². The van der Waals surface area contributed by atoms with E-state index >= 15 is 4.39 Å². The standard InChI is InChI=1S/C24H22FN3O2S/c1-31-22-18(16-6-3-2-4-7-16)9-10-20(21(22)25)28-15-5-8-19(24(28)30)27-23(29)17-11-13-26-14-12-17/h2-4,6-7,9-14,19H,5,8,15H2,1H3,(H,27,29). The number of carbonyl (C=O) groups excluding carboxylic acids is 2. The van der Waals surface area contributed by atoms with E-state index in [0.29, 0.717) is 29.8 Å². The van der Waals surface area contributed by atoms with Gasteiger partial charge in [0.2, 0.25) is 5.91 Å². The SMILES string of the molecule is CSc1c(-c2ccccc2)ccc(N2CCCC(NC(=O)c3ccncc3)C2=O)c1F. The Labute approximate surface area is 184 Å². The highest BCUT2D eigenvalue weighted by Crippen LogP contribution is 2.38. The molecule has 1 saturated heterocycles. The number of halogens is 1. The summed E-state index contributed by atoms with van der Waals surface area (Å²) in [7, 11) is 0. The molecule has 0 radical (unpaired) electrons. The summed E-state index contributed by atoms with van der Waals surface area (Å²) in [5, 5.41) is 2.78. The van der Waals surface area contributed by atoms with E-state index in [-0.39, 0.29) is 17.5 Å². The minimum Gasteiger partial charge on any atom is -0.340 e. The van der Waals surface area contributed by atoms with Crippen LogP contribution in [-0.4, -0.2) is 35.6 Å². The molecule has 1 aliphatic rings. The highest BCUT2D eigenvalue weighted by molar-refractivity contribution is 7.98. The fourth-order valence-electron chi connectivity index (χ4n) is 3.79. The Kier molecular flexibility index (Phi) is 6.32. The molecule has 1 fully saturated rings. The minimum absolute atomic E-state index is 0.247. The Bertz CT molecular complexity index is 1090. The van der Waals surface area contributed by atoms with Crippen LogP contribution in [0.4, 0.5) is 10.1 Å². The van der Waals surface area contributed by atoms with Crippen molar-refractivity contribution >= 4 is 29.3 Å². The summed E-state index contributed by atoms with van der Waals surface area (Å²) in [5.41, 5.74) is 2.39. The second-order valence-corrected chi connectivity index (χ2v) is 8.06. The number of amides is 2. The van der Waals surface area contributed by atoms with Gasteiger partial charge in [-0.25, -0.2) is 4.39 Å². The van der Waals surface area contributed by atoms with Gasteiger partial charge in [0, 0.05) is 24.5 Å². The van der Waals surface area contributed by atoms with Crippen LogP contribution in [-0.2, 0) is 4.79 Å². The molecule has 1 aliphatic heterocycles. The third kappa shape index (κ3) is 4.32. The van der Waals surface area contributed by atoms with E-state index in [9.17, 15) is 9.59 Å². The van der Waals surface area contributed by atoms with Crippen LogP contribution in [0, 0.1) is 5.82 Å². The molecule has 1 unspecified atom stereocenters. The van der Waals surface area contributed by atoms with Gasteiger partial charge in [-0.2, -0.15) is 0 Å². The zero-order chi connectivity index (χ0) is 21.8. The van der Waals surface area contributed by atoms with Gasteiger partial charge in [0.15, 0.2) is 5.82 Å². The number of aromatic nitrogens is 1. The van der Waals surface area contributed by atoms with E-state index in [0.717, 1.165) is 11.1 Å². The van der Waals surface area contributed by atoms with Crippen LogP contribution in [0.2, 0.25) is 0 Å². The van der Waals surface area contributed by atoms with Crippen molar-refractivity contribution in [2.24, 2.45) is 0 Å². The number of nitrogens with zero attached hydrogens (tertiary/aromatic N) is 2. The molecule has 1 aromatic heterocycles. The number of hydrogen-bond donors (Lipinski definition) is 1. The van der Waals surface area contributed by atoms with Crippen LogP contribution in [0.15, 0.2) is 71.9 Å². The number of anilines is 1. The Hall–Kier alpha value is -3.19. The predicted molar refractivity (Wildman–Crippen MR) is 121 cm³/mol. The lowest BCUT2D eigenvalue weighted by Crippen LogP contribution is -2.52. The molecule has 31 heavy (non-hydrogen) atoms. The number of pyridine rings is 1. The summed E-state index contributed by atoms with van der Waals surface area (Å²) in [6.07, 6.45) is 6.06. The highest BCUT2D eigenvalue weighted by atomic mass is 32.2. The molecule has 0 saturated carbocycles. The largest absolute Gasteiger partial charge is 0.340 e. The molecule has 2 aromatic carbocycles. The zero-order valence-electron chi connectivity index (χ0n) is 17.0. The van der Waals surface area contributed by atoms with Crippen LogP contribution in [0.3, 0.4) is 0 Å². The molecule has 158 valence electrons. The smallest absolute Gasteiger partial charge is 0.252 e. The van der Waals surface area contributed by atoms with Gasteiger partial charge in [0.1, 0.15) is 6.04 Å². The van der Waals surface area contributed by atoms with Crippen molar-refractivity contribution in [3.63, 3.8) is 0 Å². The average Bonchev–Trinajstić information content (AvgIpc) is 2.81. The van der Waals surface area contributed by atoms with E-state index in [1.165, 1.54) is 29.1 Å². The molecule has 0 aliphatic carbocycles. The highest BCUT2D eigenvalue weighted by Gasteiger charge is 2.33. The van der Waals surface area contributed by atoms with Crippen molar-refractivity contribution in [1.29, 1.82) is 0 Å². The maximum atomic E-state index is 15.5. The first-order valence-electron chi connectivity index (χ1n) is 10.0. The van der Waals surface area contributed by atoms with E-state index in [1.807, 2.05) is 42.7 Å². The lowest BCUT2D eigenvalue weighted by Gasteiger charge is -2.33. The van der Waals surface area contributed by atoms with Crippen LogP contribution < -0.4 is 10.2 Å². The topological polar surface area (TPSA) is 62.3 Å². The normalized spacial score (nSPS) is 16.3. The van der Waals surface area contributed by atoms with E-state index < -0.39 is 11.9 Å². The molecule has 0 spiro atoms. The van der Waals surface area contributed by atoms with Crippen molar-refractivity contribution in [2.75, 3.05) is 17.7 Å². The maximum absolute atomic E-state index is 15.5. The first-order chi connectivity index (χ1) is 15.1. The molecule has 1 atom stereocenters. The Morgan fingerprint density at radius 3 is 2.58 bits per heavy atom. The molecule has 7 heteroatoms. The molecule has 1 N–H and O–H groups in total. The van der Waals surface area contributed by atoms with Gasteiger partial charge in [0.25, 0.3) is 5.91 Å². The third-order valence-corrected chi connectivity index (χ3v) is 6.15. The number of rotatable bonds is 5. The Morgan fingerprint density at radius 1 is 1.13 bits per heavy atom. The van der Waals surface area contributed by atoms with Crippen molar-refractivity contribution in [3.05, 3.63) is 78.4 Å². The third-order valence-electron chi connectivity index (χ3n) is 5.34. The quantitative estimate of drug-likeness (QED) is 0.598. The Morgan fingerprint density at radius 2 is 1.87 bits per heavy atom. The molecule has 5 nitrogen and oxygen atoms in total. The van der Waals surface area contributed by atoms with E-state index in [1.54, 1.807) is 18.2 Å². The summed E-state index contributed by atoms with van der Waals surface area (Å²) in [4.78, 5) is 31.5. The van der Waals surface area contributed by atoms with Crippen molar-refractivity contribution in [1.82, 2.24) is 10.3 Å². The van der Waals surface area contributed by atoms with Gasteiger partial charge in [-0.3, -0.25) is 14.6 Å². The maximum Gasteiger partial charge on any atom is 0.252 e. The first kappa shape index (κ1) is 21.1. The predicted octanol–water partition coefficient (Wildman–Crippen LogP) is 4.54. The second-order valence-electron chi connectivity index (χ2n) is 7.24. The molecular weight excluding hydrogens is 413 g/mol. The van der Waals surface area contributed by atoms with Gasteiger partial charge in [-0.15, -0.1) is 11.8 Å². The average molecular weight is 436 g/mol. The summed E-state index contributed by atoms with van der Waals surface area (Å²) in [6.45, 7) is 0.413. The number of piperidine rings is 1. The lowest BCUT2D eigenvalue weighted by atomic mass is 10.0. The summed E-state index contributed by atoms with van der Waals surface area (Å²) in [5.74, 6) is -1.05. The van der Waals surface area contributed by atoms with Crippen molar-refractivity contribution in [2.45, 2.75) is 23.8 Å². The van der Waals surface area contributed by atoms with Crippen LogP contribution in [0.5, 0.6) is 0 Å². The fourth-order valence-corrected chi connectivity index (χ4v) is 4.48. The van der Waals surface area contributed by atoms with Gasteiger partial charge in [-0.05, 0) is 48.4 Å². The lowest BCUT2D eigenvalue weighted by molar-refractivity contribution is -0.121. The minimum atomic E-state index is -0.694. The number of benzene rings is 2. The van der Waals surface area contributed by atoms with Gasteiger partial charge in [0.05, 0.1) is 10.6 Å². The monoisotopic (exact) mass is 435 g/mol. The number of hydrogen-bond acceptors (Lipinski definition) is 4. The summed E-state index contributed by atoms with van der Waals surface area (Å²) < 4.78 is 15.5. The van der Waals surface area contributed by atoms with Gasteiger partial charge < -0.3 is 10.2 Å². The molecule has 2 heterocycles. The van der Waals surface area contributed by atoms with Crippen LogP contribution in [0.1, 0.15) is 23.2 Å². The zero-order valence-corrected chi connectivity index (χ0v) is 17.9. The number of nitrogens with one attached hydrogen (secondary N) is 1. The van der Waals surface area contributed by atoms with Crippen molar-refractivity contribution < 1.29 is 14.0 Å². The Balaban J connectivity index is 1.60. The fraction of sp³-hybridized carbons (Fsp3) is 0.208. The van der Waals surface area contributed by atoms with E-state index in [4.69, 9.17) is 0 Å². The van der Waals surface area contributed by atoms with E-state index in [2.05, 4.69) is 10.3 Å². The van der Waals surface area contributed by atoms with Crippen molar-refractivity contribution in [3.8, 4) is 11.1 Å². The number of thioether (sulfide) groups is 1. The summed E-state index contributed by atoms with van der Waals surface area (Å²) >= 11 is 1.32. The molecular formula is C24H22FN3O2S. The summed E-state index contributed by atoms with van der Waals surface area (Å²) in [6, 6.07) is 15.6. The molecule has 0 bridgehead atoms. The van der Waals surface area contributed by atoms with Crippen LogP contribution in [0.25, 0.3) is 11.1 Å².